The fourth-order valence-electron chi connectivity index (χ4n) is 3.26. The topological polar surface area (TPSA) is 79.9 Å². The van der Waals surface area contributed by atoms with Gasteiger partial charge >= 0.3 is 0 Å². The highest BCUT2D eigenvalue weighted by Gasteiger charge is 2.21. The number of ether oxygens (including phenoxy) is 1. The summed E-state index contributed by atoms with van der Waals surface area (Å²) in [6.07, 6.45) is 2.84. The zero-order valence-electron chi connectivity index (χ0n) is 16.2. The number of nitrogens with zero attached hydrogens (tertiary/aromatic N) is 2. The van der Waals surface area contributed by atoms with Crippen molar-refractivity contribution in [1.29, 1.82) is 0 Å². The van der Waals surface area contributed by atoms with Crippen molar-refractivity contribution in [1.82, 2.24) is 15.0 Å². The highest BCUT2D eigenvalue weighted by Crippen LogP contribution is 2.33. The van der Waals surface area contributed by atoms with Gasteiger partial charge in [-0.1, -0.05) is 60.5 Å². The normalized spacial score (nSPS) is 12.0. The van der Waals surface area contributed by atoms with Gasteiger partial charge in [0.25, 0.3) is 5.91 Å². The lowest BCUT2D eigenvalue weighted by atomic mass is 10.0. The molecule has 0 fully saturated rings. The zero-order chi connectivity index (χ0) is 21.3. The van der Waals surface area contributed by atoms with E-state index in [9.17, 15) is 4.79 Å². The number of halogens is 2. The fourth-order valence-corrected chi connectivity index (χ4v) is 3.72. The van der Waals surface area contributed by atoms with Crippen LogP contribution in [-0.4, -0.2) is 28.0 Å². The summed E-state index contributed by atoms with van der Waals surface area (Å²) in [5, 5.41) is 3.27. The molecule has 4 aromatic rings. The highest BCUT2D eigenvalue weighted by molar-refractivity contribution is 6.39. The Balaban J connectivity index is 1.77. The minimum absolute atomic E-state index is 0.00306. The SMILES string of the molecule is COc1ccc(C(=O)Nc2c(Cl)cncc2Cl)c2[nH]c([C@@H](C)c3ccccc3)nc12. The summed E-state index contributed by atoms with van der Waals surface area (Å²) < 4.78 is 5.45. The van der Waals surface area contributed by atoms with Crippen LogP contribution in [0, 0.1) is 0 Å². The van der Waals surface area contributed by atoms with Crippen LogP contribution in [0.2, 0.25) is 10.0 Å². The van der Waals surface area contributed by atoms with Crippen molar-refractivity contribution in [3.8, 4) is 5.75 Å². The van der Waals surface area contributed by atoms with Gasteiger partial charge in [0.2, 0.25) is 0 Å². The van der Waals surface area contributed by atoms with Crippen LogP contribution in [-0.2, 0) is 0 Å². The molecule has 0 unspecified atom stereocenters. The van der Waals surface area contributed by atoms with Gasteiger partial charge in [0.05, 0.1) is 33.9 Å². The van der Waals surface area contributed by atoms with Crippen molar-refractivity contribution in [2.24, 2.45) is 0 Å². The van der Waals surface area contributed by atoms with E-state index in [1.54, 1.807) is 19.2 Å². The standard InChI is InChI=1S/C22H18Cl2N4O2/c1-12(13-6-4-3-5-7-13)21-26-18-14(8-9-17(30-2)20(18)27-21)22(29)28-19-15(23)10-25-11-16(19)24/h3-12H,1-2H3,(H,26,27)(H,25,28,29)/t12-/m0/s1. The molecule has 2 N–H and O–H groups in total. The van der Waals surface area contributed by atoms with Gasteiger partial charge < -0.3 is 15.0 Å². The van der Waals surface area contributed by atoms with Gasteiger partial charge in [0, 0.05) is 18.3 Å². The second-order valence-corrected chi connectivity index (χ2v) is 7.54. The van der Waals surface area contributed by atoms with E-state index in [0.29, 0.717) is 28.0 Å². The van der Waals surface area contributed by atoms with Crippen molar-refractivity contribution in [2.75, 3.05) is 12.4 Å². The summed E-state index contributed by atoms with van der Waals surface area (Å²) in [5.74, 6) is 0.933. The van der Waals surface area contributed by atoms with Crippen LogP contribution in [0.15, 0.2) is 54.9 Å². The van der Waals surface area contributed by atoms with E-state index in [2.05, 4.69) is 22.2 Å². The maximum atomic E-state index is 13.0. The molecule has 0 bridgehead atoms. The number of anilines is 1. The summed E-state index contributed by atoms with van der Waals surface area (Å²) in [5.41, 5.74) is 2.96. The van der Waals surface area contributed by atoms with Crippen LogP contribution in [0.3, 0.4) is 0 Å². The van der Waals surface area contributed by atoms with E-state index >= 15 is 0 Å². The number of rotatable bonds is 5. The molecule has 0 saturated heterocycles. The van der Waals surface area contributed by atoms with Crippen LogP contribution in [0.4, 0.5) is 5.69 Å². The third-order valence-corrected chi connectivity index (χ3v) is 5.47. The molecule has 8 heteroatoms. The molecule has 0 spiro atoms. The first-order chi connectivity index (χ1) is 14.5. The second kappa shape index (κ2) is 8.34. The number of nitrogens with one attached hydrogen (secondary N) is 2. The Kier molecular flexibility index (Phi) is 5.61. The number of hydrogen-bond donors (Lipinski definition) is 2. The predicted octanol–water partition coefficient (Wildman–Crippen LogP) is 5.68. The molecular formula is C22H18Cl2N4O2. The smallest absolute Gasteiger partial charge is 0.257 e. The lowest BCUT2D eigenvalue weighted by Crippen LogP contribution is -2.13. The van der Waals surface area contributed by atoms with Crippen LogP contribution < -0.4 is 10.1 Å². The lowest BCUT2D eigenvalue weighted by Gasteiger charge is -2.10. The average Bonchev–Trinajstić information content (AvgIpc) is 3.21. The molecule has 0 radical (unpaired) electrons. The van der Waals surface area contributed by atoms with Crippen molar-refractivity contribution < 1.29 is 9.53 Å². The van der Waals surface area contributed by atoms with Gasteiger partial charge in [-0.25, -0.2) is 4.98 Å². The predicted molar refractivity (Wildman–Crippen MR) is 119 cm³/mol. The number of H-pyrrole nitrogens is 1. The molecule has 1 amide bonds. The summed E-state index contributed by atoms with van der Waals surface area (Å²) in [6, 6.07) is 13.4. The Hall–Kier alpha value is -3.09. The van der Waals surface area contributed by atoms with Gasteiger partial charge in [-0.15, -0.1) is 0 Å². The second-order valence-electron chi connectivity index (χ2n) is 6.73. The maximum absolute atomic E-state index is 13.0. The van der Waals surface area contributed by atoms with E-state index < -0.39 is 0 Å². The lowest BCUT2D eigenvalue weighted by molar-refractivity contribution is 0.102. The first kappa shape index (κ1) is 20.2. The largest absolute Gasteiger partial charge is 0.494 e. The molecule has 152 valence electrons. The molecule has 0 aliphatic heterocycles. The van der Waals surface area contributed by atoms with Gasteiger partial charge in [-0.3, -0.25) is 9.78 Å². The van der Waals surface area contributed by atoms with Crippen molar-refractivity contribution >= 4 is 45.8 Å². The monoisotopic (exact) mass is 440 g/mol. The molecular weight excluding hydrogens is 423 g/mol. The molecule has 0 aliphatic rings. The van der Waals surface area contributed by atoms with Crippen LogP contribution in [0.1, 0.15) is 34.6 Å². The number of carbonyl (C=O) groups is 1. The molecule has 2 aromatic heterocycles. The number of carbonyl (C=O) groups excluding carboxylic acids is 1. The molecule has 1 atom stereocenters. The van der Waals surface area contributed by atoms with Crippen molar-refractivity contribution in [2.45, 2.75) is 12.8 Å². The molecule has 0 aliphatic carbocycles. The summed E-state index contributed by atoms with van der Waals surface area (Å²) in [4.78, 5) is 25.0. The Labute approximate surface area is 183 Å². The van der Waals surface area contributed by atoms with Gasteiger partial charge in [0.15, 0.2) is 0 Å². The van der Waals surface area contributed by atoms with Gasteiger partial charge in [-0.2, -0.15) is 0 Å². The molecule has 4 rings (SSSR count). The molecule has 2 heterocycles. The fraction of sp³-hybridized carbons (Fsp3) is 0.136. The van der Waals surface area contributed by atoms with Crippen LogP contribution in [0.25, 0.3) is 11.0 Å². The highest BCUT2D eigenvalue weighted by atomic mass is 35.5. The van der Waals surface area contributed by atoms with E-state index in [1.807, 2.05) is 30.3 Å². The third-order valence-electron chi connectivity index (χ3n) is 4.89. The maximum Gasteiger partial charge on any atom is 0.257 e. The Morgan fingerprint density at radius 3 is 2.47 bits per heavy atom. The number of amides is 1. The summed E-state index contributed by atoms with van der Waals surface area (Å²) >= 11 is 12.3. The van der Waals surface area contributed by atoms with E-state index in [1.165, 1.54) is 12.4 Å². The number of benzene rings is 2. The Bertz CT molecular complexity index is 1200. The van der Waals surface area contributed by atoms with Crippen LogP contribution in [0.5, 0.6) is 5.75 Å². The van der Waals surface area contributed by atoms with E-state index in [4.69, 9.17) is 32.9 Å². The Morgan fingerprint density at radius 1 is 1.10 bits per heavy atom. The molecule has 30 heavy (non-hydrogen) atoms. The summed E-state index contributed by atoms with van der Waals surface area (Å²) in [6.45, 7) is 2.05. The number of methoxy groups -OCH3 is 1. The number of pyridine rings is 1. The number of fused-ring (bicyclic) bond motifs is 1. The quantitative estimate of drug-likeness (QED) is 0.418. The number of aromatic amines is 1. The van der Waals surface area contributed by atoms with Crippen molar-refractivity contribution in [3.05, 3.63) is 81.9 Å². The minimum Gasteiger partial charge on any atom is -0.494 e. The number of imidazole rings is 1. The summed E-state index contributed by atoms with van der Waals surface area (Å²) in [7, 11) is 1.57. The van der Waals surface area contributed by atoms with Crippen LogP contribution >= 0.6 is 23.2 Å². The first-order valence-corrected chi connectivity index (χ1v) is 9.97. The first-order valence-electron chi connectivity index (χ1n) is 9.21. The molecule has 0 saturated carbocycles. The number of aromatic nitrogens is 3. The van der Waals surface area contributed by atoms with Gasteiger partial charge in [-0.05, 0) is 17.7 Å². The number of hydrogen-bond acceptors (Lipinski definition) is 4. The van der Waals surface area contributed by atoms with E-state index in [-0.39, 0.29) is 21.9 Å². The third kappa shape index (κ3) is 3.72. The zero-order valence-corrected chi connectivity index (χ0v) is 17.8. The molecule has 6 nitrogen and oxygen atoms in total. The minimum atomic E-state index is -0.375. The average molecular weight is 441 g/mol. The van der Waals surface area contributed by atoms with Crippen molar-refractivity contribution in [3.63, 3.8) is 0 Å². The Morgan fingerprint density at radius 2 is 1.80 bits per heavy atom. The van der Waals surface area contributed by atoms with E-state index in [0.717, 1.165) is 11.4 Å². The molecule has 2 aromatic carbocycles. The van der Waals surface area contributed by atoms with Gasteiger partial charge in [0.1, 0.15) is 17.1 Å².